The molecule has 20 heavy (non-hydrogen) atoms. The molecule has 0 saturated carbocycles. The molecule has 2 aromatic rings. The van der Waals surface area contributed by atoms with Gasteiger partial charge in [-0.2, -0.15) is 4.98 Å². The molecular weight excluding hydrogens is 295 g/mol. The second kappa shape index (κ2) is 5.85. The maximum atomic E-state index is 6.11. The van der Waals surface area contributed by atoms with Crippen LogP contribution in [-0.4, -0.2) is 15.5 Å². The summed E-state index contributed by atoms with van der Waals surface area (Å²) >= 11 is 12.1. The van der Waals surface area contributed by atoms with Crippen molar-refractivity contribution in [2.24, 2.45) is 0 Å². The van der Waals surface area contributed by atoms with E-state index in [4.69, 9.17) is 23.2 Å². The fourth-order valence-electron chi connectivity index (χ4n) is 1.56. The zero-order valence-electron chi connectivity index (χ0n) is 11.5. The molecule has 2 N–H and O–H groups in total. The molecule has 0 radical (unpaired) electrons. The van der Waals surface area contributed by atoms with Gasteiger partial charge in [0.2, 0.25) is 5.95 Å². The van der Waals surface area contributed by atoms with Crippen molar-refractivity contribution in [2.45, 2.75) is 26.3 Å². The van der Waals surface area contributed by atoms with E-state index in [1.807, 2.05) is 20.8 Å². The minimum Gasteiger partial charge on any atom is -0.350 e. The number of nitrogens with zero attached hydrogens (tertiary/aromatic N) is 2. The molecule has 4 nitrogen and oxygen atoms in total. The summed E-state index contributed by atoms with van der Waals surface area (Å²) in [6.45, 7) is 6.14. The second-order valence-electron chi connectivity index (χ2n) is 5.39. The first-order valence-electron chi connectivity index (χ1n) is 6.17. The minimum absolute atomic E-state index is 0.105. The van der Waals surface area contributed by atoms with E-state index in [1.54, 1.807) is 30.5 Å². The Morgan fingerprint density at radius 1 is 1.10 bits per heavy atom. The third-order valence-electron chi connectivity index (χ3n) is 2.33. The van der Waals surface area contributed by atoms with Crippen molar-refractivity contribution in [3.63, 3.8) is 0 Å². The van der Waals surface area contributed by atoms with Gasteiger partial charge < -0.3 is 10.6 Å². The van der Waals surface area contributed by atoms with Gasteiger partial charge in [0, 0.05) is 16.8 Å². The average molecular weight is 311 g/mol. The highest BCUT2D eigenvalue weighted by atomic mass is 35.5. The number of nitrogens with one attached hydrogen (secondary N) is 2. The van der Waals surface area contributed by atoms with Crippen molar-refractivity contribution in [1.82, 2.24) is 9.97 Å². The van der Waals surface area contributed by atoms with Gasteiger partial charge in [-0.15, -0.1) is 0 Å². The van der Waals surface area contributed by atoms with E-state index in [2.05, 4.69) is 20.6 Å². The number of hydrogen-bond donors (Lipinski definition) is 2. The van der Waals surface area contributed by atoms with Crippen molar-refractivity contribution in [2.75, 3.05) is 10.6 Å². The number of rotatable bonds is 3. The summed E-state index contributed by atoms with van der Waals surface area (Å²) in [6, 6.07) is 7.00. The van der Waals surface area contributed by atoms with Crippen LogP contribution in [0.25, 0.3) is 0 Å². The van der Waals surface area contributed by atoms with Crippen LogP contribution in [0.15, 0.2) is 30.5 Å². The molecule has 0 spiro atoms. The maximum Gasteiger partial charge on any atom is 0.225 e. The van der Waals surface area contributed by atoms with Gasteiger partial charge in [0.05, 0.1) is 10.7 Å². The lowest BCUT2D eigenvalue weighted by atomic mass is 10.1. The smallest absolute Gasteiger partial charge is 0.225 e. The van der Waals surface area contributed by atoms with E-state index in [-0.39, 0.29) is 5.54 Å². The predicted molar refractivity (Wildman–Crippen MR) is 85.2 cm³/mol. The van der Waals surface area contributed by atoms with E-state index in [9.17, 15) is 0 Å². The van der Waals surface area contributed by atoms with E-state index < -0.39 is 0 Å². The van der Waals surface area contributed by atoms with Crippen molar-refractivity contribution in [3.8, 4) is 0 Å². The Kier molecular flexibility index (Phi) is 4.35. The van der Waals surface area contributed by atoms with E-state index >= 15 is 0 Å². The molecule has 106 valence electrons. The summed E-state index contributed by atoms with van der Waals surface area (Å²) in [4.78, 5) is 8.57. The fourth-order valence-corrected chi connectivity index (χ4v) is 1.89. The quantitative estimate of drug-likeness (QED) is 0.860. The van der Waals surface area contributed by atoms with Crippen molar-refractivity contribution >= 4 is 40.7 Å². The Bertz CT molecular complexity index is 608. The number of hydrogen-bond acceptors (Lipinski definition) is 4. The minimum atomic E-state index is -0.105. The molecule has 1 aromatic heterocycles. The van der Waals surface area contributed by atoms with Crippen LogP contribution in [0.2, 0.25) is 10.0 Å². The van der Waals surface area contributed by atoms with Gasteiger partial charge >= 0.3 is 0 Å². The summed E-state index contributed by atoms with van der Waals surface area (Å²) in [5, 5.41) is 7.54. The average Bonchev–Trinajstić information content (AvgIpc) is 2.32. The van der Waals surface area contributed by atoms with E-state index in [0.717, 1.165) is 0 Å². The summed E-state index contributed by atoms with van der Waals surface area (Å²) < 4.78 is 0. The lowest BCUT2D eigenvalue weighted by Gasteiger charge is -2.20. The Hall–Kier alpha value is -1.52. The second-order valence-corrected chi connectivity index (χ2v) is 6.23. The van der Waals surface area contributed by atoms with Crippen molar-refractivity contribution in [3.05, 3.63) is 40.5 Å². The van der Waals surface area contributed by atoms with Crippen LogP contribution in [0.3, 0.4) is 0 Å². The maximum absolute atomic E-state index is 6.11. The van der Waals surface area contributed by atoms with Crippen molar-refractivity contribution in [1.29, 1.82) is 0 Å². The molecule has 1 heterocycles. The monoisotopic (exact) mass is 310 g/mol. The molecule has 2 rings (SSSR count). The number of halogens is 2. The van der Waals surface area contributed by atoms with Gasteiger partial charge in [0.25, 0.3) is 0 Å². The highest BCUT2D eigenvalue weighted by molar-refractivity contribution is 6.35. The standard InChI is InChI=1S/C14H16Cl2N4/c1-14(2,3)20-13-17-7-6-12(19-13)18-11-8-9(15)4-5-10(11)16/h4-8H,1-3H3,(H2,17,18,19,20). The lowest BCUT2D eigenvalue weighted by Crippen LogP contribution is -2.27. The van der Waals surface area contributed by atoms with Crippen LogP contribution in [0.4, 0.5) is 17.5 Å². The molecule has 0 atom stereocenters. The Morgan fingerprint density at radius 2 is 1.85 bits per heavy atom. The highest BCUT2D eigenvalue weighted by Gasteiger charge is 2.11. The third-order valence-corrected chi connectivity index (χ3v) is 2.90. The third kappa shape index (κ3) is 4.25. The zero-order valence-corrected chi connectivity index (χ0v) is 13.0. The molecule has 0 bridgehead atoms. The molecule has 0 saturated heterocycles. The first-order valence-corrected chi connectivity index (χ1v) is 6.92. The molecule has 1 aromatic carbocycles. The van der Waals surface area contributed by atoms with Crippen LogP contribution >= 0.6 is 23.2 Å². The predicted octanol–water partition coefficient (Wildman–Crippen LogP) is 4.74. The normalized spacial score (nSPS) is 11.2. The Balaban J connectivity index is 2.21. The summed E-state index contributed by atoms with van der Waals surface area (Å²) in [5.41, 5.74) is 0.603. The molecule has 0 amide bonds. The Morgan fingerprint density at radius 3 is 2.55 bits per heavy atom. The molecule has 0 aliphatic heterocycles. The molecule has 0 fully saturated rings. The van der Waals surface area contributed by atoms with Gasteiger partial charge in [0.1, 0.15) is 5.82 Å². The van der Waals surface area contributed by atoms with Crippen LogP contribution in [0, 0.1) is 0 Å². The summed E-state index contributed by atoms with van der Waals surface area (Å²) in [7, 11) is 0. The topological polar surface area (TPSA) is 49.8 Å². The number of aromatic nitrogens is 2. The molecule has 6 heteroatoms. The largest absolute Gasteiger partial charge is 0.350 e. The molecule has 0 aliphatic carbocycles. The highest BCUT2D eigenvalue weighted by Crippen LogP contribution is 2.28. The van der Waals surface area contributed by atoms with Crippen LogP contribution < -0.4 is 10.6 Å². The number of benzene rings is 1. The van der Waals surface area contributed by atoms with Gasteiger partial charge in [-0.05, 0) is 45.0 Å². The number of anilines is 3. The van der Waals surface area contributed by atoms with E-state index in [0.29, 0.717) is 27.5 Å². The molecule has 0 unspecified atom stereocenters. The fraction of sp³-hybridized carbons (Fsp3) is 0.286. The van der Waals surface area contributed by atoms with Crippen LogP contribution in [-0.2, 0) is 0 Å². The first-order chi connectivity index (χ1) is 9.33. The first kappa shape index (κ1) is 14.9. The lowest BCUT2D eigenvalue weighted by molar-refractivity contribution is 0.626. The van der Waals surface area contributed by atoms with Gasteiger partial charge in [-0.3, -0.25) is 0 Å². The SMILES string of the molecule is CC(C)(C)Nc1nccc(Nc2cc(Cl)ccc2Cl)n1. The molecule has 0 aliphatic rings. The zero-order chi connectivity index (χ0) is 14.8. The van der Waals surface area contributed by atoms with Crippen molar-refractivity contribution < 1.29 is 0 Å². The summed E-state index contributed by atoms with van der Waals surface area (Å²) in [5.74, 6) is 1.21. The summed E-state index contributed by atoms with van der Waals surface area (Å²) in [6.07, 6.45) is 1.68. The van der Waals surface area contributed by atoms with Crippen LogP contribution in [0.5, 0.6) is 0 Å². The Labute approximate surface area is 128 Å². The molecular formula is C14H16Cl2N4. The van der Waals surface area contributed by atoms with E-state index in [1.165, 1.54) is 0 Å². The van der Waals surface area contributed by atoms with Gasteiger partial charge in [-0.1, -0.05) is 23.2 Å². The van der Waals surface area contributed by atoms with Gasteiger partial charge in [-0.25, -0.2) is 4.98 Å². The van der Waals surface area contributed by atoms with Crippen LogP contribution in [0.1, 0.15) is 20.8 Å². The van der Waals surface area contributed by atoms with Gasteiger partial charge in [0.15, 0.2) is 0 Å².